The summed E-state index contributed by atoms with van der Waals surface area (Å²) in [4.78, 5) is 14.5. The average molecular weight is 254 g/mol. The summed E-state index contributed by atoms with van der Waals surface area (Å²) in [6.45, 7) is 7.86. The van der Waals surface area contributed by atoms with Crippen LogP contribution in [0, 0.1) is 5.41 Å². The van der Waals surface area contributed by atoms with E-state index in [1.807, 2.05) is 11.8 Å². The van der Waals surface area contributed by atoms with Crippen molar-refractivity contribution in [3.05, 3.63) is 0 Å². The van der Waals surface area contributed by atoms with Crippen molar-refractivity contribution < 1.29 is 9.53 Å². The van der Waals surface area contributed by atoms with Crippen molar-refractivity contribution in [1.29, 1.82) is 0 Å². The lowest BCUT2D eigenvalue weighted by Crippen LogP contribution is -2.43. The molecule has 1 N–H and O–H groups in total. The molecule has 0 aromatic heterocycles. The van der Waals surface area contributed by atoms with Gasteiger partial charge in [-0.25, -0.2) is 0 Å². The van der Waals surface area contributed by atoms with Crippen molar-refractivity contribution in [3.63, 3.8) is 0 Å². The van der Waals surface area contributed by atoms with E-state index >= 15 is 0 Å². The van der Waals surface area contributed by atoms with Crippen molar-refractivity contribution >= 4 is 5.91 Å². The zero-order valence-corrected chi connectivity index (χ0v) is 12.1. The number of amides is 1. The largest absolute Gasteiger partial charge is 0.385 e. The summed E-state index contributed by atoms with van der Waals surface area (Å²) in [6.07, 6.45) is 4.54. The van der Waals surface area contributed by atoms with Crippen LogP contribution in [0.2, 0.25) is 0 Å². The maximum atomic E-state index is 12.5. The molecule has 1 saturated carbocycles. The zero-order chi connectivity index (χ0) is 13.4. The van der Waals surface area contributed by atoms with Gasteiger partial charge in [0, 0.05) is 20.3 Å². The zero-order valence-electron chi connectivity index (χ0n) is 12.1. The first-order valence-corrected chi connectivity index (χ1v) is 7.04. The van der Waals surface area contributed by atoms with E-state index in [-0.39, 0.29) is 17.6 Å². The Morgan fingerprint density at radius 2 is 2.17 bits per heavy atom. The highest BCUT2D eigenvalue weighted by Gasteiger charge is 2.51. The summed E-state index contributed by atoms with van der Waals surface area (Å²) in [5, 5.41) is 3.43. The minimum absolute atomic E-state index is 0.155. The van der Waals surface area contributed by atoms with E-state index in [1.54, 1.807) is 7.11 Å². The first-order valence-electron chi connectivity index (χ1n) is 7.04. The van der Waals surface area contributed by atoms with Gasteiger partial charge in [-0.05, 0) is 44.9 Å². The second-order valence-electron chi connectivity index (χ2n) is 6.18. The Kier molecular flexibility index (Phi) is 3.70. The molecule has 0 bridgehead atoms. The molecule has 4 nitrogen and oxygen atoms in total. The minimum atomic E-state index is -0.364. The number of hydrogen-bond acceptors (Lipinski definition) is 3. The number of carbonyl (C=O) groups excluding carboxylic acids is 1. The summed E-state index contributed by atoms with van der Waals surface area (Å²) < 4.78 is 5.18. The van der Waals surface area contributed by atoms with Crippen molar-refractivity contribution in [2.75, 3.05) is 20.3 Å². The molecule has 1 amide bonds. The topological polar surface area (TPSA) is 41.6 Å². The molecule has 104 valence electrons. The Balaban J connectivity index is 1.99. The monoisotopic (exact) mass is 254 g/mol. The fraction of sp³-hybridized carbons (Fsp3) is 0.929. The van der Waals surface area contributed by atoms with Crippen LogP contribution in [0.4, 0.5) is 0 Å². The normalized spacial score (nSPS) is 34.1. The molecule has 4 heteroatoms. The number of rotatable bonds is 6. The van der Waals surface area contributed by atoms with Crippen LogP contribution in [-0.2, 0) is 9.53 Å². The number of nitrogens with zero attached hydrogens (tertiary/aromatic N) is 1. The van der Waals surface area contributed by atoms with Gasteiger partial charge in [0.1, 0.15) is 0 Å². The van der Waals surface area contributed by atoms with Crippen LogP contribution in [0.1, 0.15) is 46.5 Å². The number of hydrogen-bond donors (Lipinski definition) is 1. The first kappa shape index (κ1) is 13.8. The van der Waals surface area contributed by atoms with Gasteiger partial charge in [-0.1, -0.05) is 6.92 Å². The van der Waals surface area contributed by atoms with Gasteiger partial charge in [-0.2, -0.15) is 0 Å². The Bertz CT molecular complexity index is 328. The summed E-state index contributed by atoms with van der Waals surface area (Å²) in [6, 6.07) is 0. The molecular weight excluding hydrogens is 228 g/mol. The summed E-state index contributed by atoms with van der Waals surface area (Å²) in [7, 11) is 1.75. The second kappa shape index (κ2) is 4.82. The van der Waals surface area contributed by atoms with E-state index in [0.29, 0.717) is 5.41 Å². The van der Waals surface area contributed by atoms with E-state index in [2.05, 4.69) is 19.2 Å². The van der Waals surface area contributed by atoms with Crippen LogP contribution >= 0.6 is 0 Å². The Labute approximate surface area is 110 Å². The molecule has 1 aliphatic carbocycles. The molecule has 18 heavy (non-hydrogen) atoms. The smallest absolute Gasteiger partial charge is 0.243 e. The predicted octanol–water partition coefficient (Wildman–Crippen LogP) is 1.75. The van der Waals surface area contributed by atoms with Crippen LogP contribution in [0.3, 0.4) is 0 Å². The van der Waals surface area contributed by atoms with Gasteiger partial charge >= 0.3 is 0 Å². The van der Waals surface area contributed by atoms with Gasteiger partial charge in [-0.15, -0.1) is 0 Å². The summed E-state index contributed by atoms with van der Waals surface area (Å²) in [5.41, 5.74) is -0.0304. The van der Waals surface area contributed by atoms with E-state index in [1.165, 1.54) is 12.8 Å². The van der Waals surface area contributed by atoms with E-state index < -0.39 is 0 Å². The molecule has 2 unspecified atom stereocenters. The molecule has 2 atom stereocenters. The summed E-state index contributed by atoms with van der Waals surface area (Å²) >= 11 is 0. The fourth-order valence-electron chi connectivity index (χ4n) is 2.90. The van der Waals surface area contributed by atoms with E-state index in [4.69, 9.17) is 4.74 Å². The van der Waals surface area contributed by atoms with Crippen molar-refractivity contribution in [1.82, 2.24) is 10.2 Å². The molecule has 0 aromatic carbocycles. The highest BCUT2D eigenvalue weighted by Crippen LogP contribution is 2.50. The van der Waals surface area contributed by atoms with Crippen LogP contribution in [0.5, 0.6) is 0 Å². The number of ether oxygens (including phenoxy) is 1. The molecule has 0 spiro atoms. The van der Waals surface area contributed by atoms with Gasteiger partial charge < -0.3 is 9.64 Å². The standard InChI is InChI=1S/C14H26N2O2/c1-5-13(3)12(17)16(11(2)15-13)10-14(6-7-14)8-9-18-4/h11,15H,5-10H2,1-4H3. The highest BCUT2D eigenvalue weighted by atomic mass is 16.5. The Morgan fingerprint density at radius 1 is 1.50 bits per heavy atom. The van der Waals surface area contributed by atoms with Crippen LogP contribution < -0.4 is 5.32 Å². The van der Waals surface area contributed by atoms with Gasteiger partial charge in [0.2, 0.25) is 5.91 Å². The molecule has 2 rings (SSSR count). The van der Waals surface area contributed by atoms with Gasteiger partial charge in [-0.3, -0.25) is 10.1 Å². The van der Waals surface area contributed by atoms with Crippen LogP contribution in [0.25, 0.3) is 0 Å². The van der Waals surface area contributed by atoms with Gasteiger partial charge in [0.15, 0.2) is 0 Å². The quantitative estimate of drug-likeness (QED) is 0.785. The van der Waals surface area contributed by atoms with Crippen LogP contribution in [-0.4, -0.2) is 42.8 Å². The maximum Gasteiger partial charge on any atom is 0.243 e. The molecule has 0 aromatic rings. The predicted molar refractivity (Wildman–Crippen MR) is 71.2 cm³/mol. The second-order valence-corrected chi connectivity index (χ2v) is 6.18. The molecule has 2 fully saturated rings. The molecule has 0 radical (unpaired) electrons. The third-order valence-corrected chi connectivity index (χ3v) is 4.73. The first-order chi connectivity index (χ1) is 8.46. The van der Waals surface area contributed by atoms with Crippen molar-refractivity contribution in [3.8, 4) is 0 Å². The van der Waals surface area contributed by atoms with E-state index in [0.717, 1.165) is 26.0 Å². The third-order valence-electron chi connectivity index (χ3n) is 4.73. The number of nitrogens with one attached hydrogen (secondary N) is 1. The fourth-order valence-corrected chi connectivity index (χ4v) is 2.90. The lowest BCUT2D eigenvalue weighted by Gasteiger charge is -2.27. The minimum Gasteiger partial charge on any atom is -0.385 e. The van der Waals surface area contributed by atoms with E-state index in [9.17, 15) is 4.79 Å². The molecule has 1 saturated heterocycles. The van der Waals surface area contributed by atoms with Gasteiger partial charge in [0.25, 0.3) is 0 Å². The Morgan fingerprint density at radius 3 is 2.61 bits per heavy atom. The molecule has 1 heterocycles. The highest BCUT2D eigenvalue weighted by molar-refractivity contribution is 5.88. The summed E-state index contributed by atoms with van der Waals surface area (Å²) in [5.74, 6) is 0.265. The van der Waals surface area contributed by atoms with Crippen molar-refractivity contribution in [2.24, 2.45) is 5.41 Å². The Hall–Kier alpha value is -0.610. The molecule has 1 aliphatic heterocycles. The average Bonchev–Trinajstić information content (AvgIpc) is 3.08. The lowest BCUT2D eigenvalue weighted by atomic mass is 9.98. The van der Waals surface area contributed by atoms with Crippen molar-refractivity contribution in [2.45, 2.75) is 58.2 Å². The maximum absolute atomic E-state index is 12.5. The van der Waals surface area contributed by atoms with Crippen LogP contribution in [0.15, 0.2) is 0 Å². The lowest BCUT2D eigenvalue weighted by molar-refractivity contribution is -0.133. The number of carbonyl (C=O) groups is 1. The van der Waals surface area contributed by atoms with Gasteiger partial charge in [0.05, 0.1) is 11.7 Å². The molecule has 2 aliphatic rings. The third kappa shape index (κ3) is 2.41. The SMILES string of the molecule is CCC1(C)NC(C)N(CC2(CCOC)CC2)C1=O. The number of methoxy groups -OCH3 is 1. The molecular formula is C14H26N2O2.